The normalized spacial score (nSPS) is 11.5. The minimum Gasteiger partial charge on any atom is -0.290 e. The second kappa shape index (κ2) is 6.02. The summed E-state index contributed by atoms with van der Waals surface area (Å²) in [6.45, 7) is 3.58. The maximum absolute atomic E-state index is 12.4. The van der Waals surface area contributed by atoms with E-state index in [1.54, 1.807) is 37.3 Å². The topological polar surface area (TPSA) is 54.9 Å². The van der Waals surface area contributed by atoms with E-state index >= 15 is 0 Å². The molecule has 0 aliphatic heterocycles. The maximum Gasteiger partial charge on any atom is 0.283 e. The van der Waals surface area contributed by atoms with Gasteiger partial charge in [0.05, 0.1) is 11.4 Å². The van der Waals surface area contributed by atoms with E-state index in [2.05, 4.69) is 5.10 Å². The largest absolute Gasteiger partial charge is 0.290 e. The summed E-state index contributed by atoms with van der Waals surface area (Å²) in [4.78, 5) is 24.5. The monoisotopic (exact) mass is 268 g/mol. The Morgan fingerprint density at radius 1 is 1.15 bits per heavy atom. The highest BCUT2D eigenvalue weighted by Crippen LogP contribution is 2.10. The molecule has 1 heterocycles. The van der Waals surface area contributed by atoms with Crippen LogP contribution in [0.2, 0.25) is 0 Å². The molecule has 0 radical (unpaired) electrons. The van der Waals surface area contributed by atoms with Crippen LogP contribution in [0.3, 0.4) is 0 Å². The molecule has 102 valence electrons. The summed E-state index contributed by atoms with van der Waals surface area (Å²) in [6, 6.07) is 9.16. The Morgan fingerprint density at radius 3 is 2.45 bits per heavy atom. The van der Waals surface area contributed by atoms with E-state index in [9.17, 15) is 9.59 Å². The van der Waals surface area contributed by atoms with E-state index < -0.39 is 0 Å². The number of allylic oxidation sites excluding steroid dienone is 3. The molecular weight excluding hydrogens is 252 g/mol. The highest BCUT2D eigenvalue weighted by atomic mass is 16.2. The summed E-state index contributed by atoms with van der Waals surface area (Å²) >= 11 is 0. The van der Waals surface area contributed by atoms with Crippen molar-refractivity contribution < 1.29 is 4.79 Å². The highest BCUT2D eigenvalue weighted by Gasteiger charge is 2.18. The SMILES string of the molecule is C/C=C/C(=O)c1c(/C=C/C)[nH]n(-c2ccccc2)c1=O. The summed E-state index contributed by atoms with van der Waals surface area (Å²) < 4.78 is 1.38. The van der Waals surface area contributed by atoms with Crippen LogP contribution in [-0.2, 0) is 0 Å². The third-order valence-corrected chi connectivity index (χ3v) is 2.83. The number of benzene rings is 1. The number of hydrogen-bond acceptors (Lipinski definition) is 2. The molecule has 0 unspecified atom stereocenters. The molecule has 0 fully saturated rings. The predicted octanol–water partition coefficient (Wildman–Crippen LogP) is 2.96. The van der Waals surface area contributed by atoms with Crippen LogP contribution in [0.25, 0.3) is 11.8 Å². The molecule has 1 N–H and O–H groups in total. The van der Waals surface area contributed by atoms with Gasteiger partial charge in [0.15, 0.2) is 5.78 Å². The number of carbonyl (C=O) groups is 1. The van der Waals surface area contributed by atoms with Gasteiger partial charge in [0.25, 0.3) is 5.56 Å². The molecule has 0 spiro atoms. The minimum absolute atomic E-state index is 0.157. The lowest BCUT2D eigenvalue weighted by molar-refractivity contribution is 0.104. The predicted molar refractivity (Wildman–Crippen MR) is 80.2 cm³/mol. The van der Waals surface area contributed by atoms with E-state index in [-0.39, 0.29) is 16.9 Å². The lowest BCUT2D eigenvalue weighted by Gasteiger charge is -1.99. The van der Waals surface area contributed by atoms with Gasteiger partial charge in [-0.25, -0.2) is 4.68 Å². The van der Waals surface area contributed by atoms with Crippen molar-refractivity contribution in [3.63, 3.8) is 0 Å². The van der Waals surface area contributed by atoms with Gasteiger partial charge in [0.1, 0.15) is 5.56 Å². The van der Waals surface area contributed by atoms with Gasteiger partial charge >= 0.3 is 0 Å². The van der Waals surface area contributed by atoms with Crippen LogP contribution < -0.4 is 5.56 Å². The van der Waals surface area contributed by atoms with Gasteiger partial charge in [-0.3, -0.25) is 14.7 Å². The number of rotatable bonds is 4. The van der Waals surface area contributed by atoms with Crippen molar-refractivity contribution in [3.8, 4) is 5.69 Å². The molecule has 4 heteroatoms. The van der Waals surface area contributed by atoms with Crippen LogP contribution in [0.5, 0.6) is 0 Å². The van der Waals surface area contributed by atoms with Gasteiger partial charge in [-0.15, -0.1) is 0 Å². The van der Waals surface area contributed by atoms with Crippen molar-refractivity contribution in [1.82, 2.24) is 9.78 Å². The number of hydrogen-bond donors (Lipinski definition) is 1. The zero-order valence-electron chi connectivity index (χ0n) is 11.5. The second-order valence-corrected chi connectivity index (χ2v) is 4.24. The molecule has 0 aliphatic rings. The lowest BCUT2D eigenvalue weighted by Crippen LogP contribution is -2.19. The van der Waals surface area contributed by atoms with Crippen molar-refractivity contribution in [3.05, 3.63) is 70.2 Å². The fourth-order valence-electron chi connectivity index (χ4n) is 1.97. The molecule has 0 amide bonds. The number of aromatic nitrogens is 2. The van der Waals surface area contributed by atoms with Crippen LogP contribution in [0.4, 0.5) is 0 Å². The zero-order valence-corrected chi connectivity index (χ0v) is 11.5. The smallest absolute Gasteiger partial charge is 0.283 e. The van der Waals surface area contributed by atoms with Gasteiger partial charge in [0.2, 0.25) is 0 Å². The van der Waals surface area contributed by atoms with Crippen LogP contribution in [0.1, 0.15) is 29.9 Å². The van der Waals surface area contributed by atoms with Crippen LogP contribution in [-0.4, -0.2) is 15.6 Å². The van der Waals surface area contributed by atoms with Crippen molar-refractivity contribution in [2.24, 2.45) is 0 Å². The molecule has 2 aromatic rings. The van der Waals surface area contributed by atoms with E-state index in [1.807, 2.05) is 25.1 Å². The third-order valence-electron chi connectivity index (χ3n) is 2.83. The van der Waals surface area contributed by atoms with E-state index in [1.165, 1.54) is 10.8 Å². The first-order chi connectivity index (χ1) is 9.69. The first kappa shape index (κ1) is 13.8. The Labute approximate surface area is 117 Å². The molecule has 1 aromatic carbocycles. The fourth-order valence-corrected chi connectivity index (χ4v) is 1.97. The summed E-state index contributed by atoms with van der Waals surface area (Å²) in [5, 5.41) is 2.97. The molecule has 1 aromatic heterocycles. The van der Waals surface area contributed by atoms with Crippen LogP contribution >= 0.6 is 0 Å². The van der Waals surface area contributed by atoms with Gasteiger partial charge in [-0.05, 0) is 38.1 Å². The van der Waals surface area contributed by atoms with Crippen molar-refractivity contribution in [1.29, 1.82) is 0 Å². The van der Waals surface area contributed by atoms with Gasteiger partial charge < -0.3 is 0 Å². The Morgan fingerprint density at radius 2 is 1.85 bits per heavy atom. The molecule has 0 saturated carbocycles. The lowest BCUT2D eigenvalue weighted by atomic mass is 10.1. The van der Waals surface area contributed by atoms with Gasteiger partial charge in [0, 0.05) is 0 Å². The summed E-state index contributed by atoms with van der Waals surface area (Å²) in [5.41, 5.74) is 1.03. The Bertz CT molecular complexity index is 719. The standard InChI is InChI=1S/C16H16N2O2/c1-3-8-13-15(14(19)9-4-2)16(20)18(17-13)12-10-6-5-7-11-12/h3-11,17H,1-2H3/b8-3+,9-4+. The summed E-state index contributed by atoms with van der Waals surface area (Å²) in [5.74, 6) is -0.295. The Kier molecular flexibility index (Phi) is 4.15. The number of nitrogens with zero attached hydrogens (tertiary/aromatic N) is 1. The Hall–Kier alpha value is -2.62. The second-order valence-electron chi connectivity index (χ2n) is 4.24. The Balaban J connectivity index is 2.66. The summed E-state index contributed by atoms with van der Waals surface area (Å²) in [6.07, 6.45) is 6.53. The summed E-state index contributed by atoms with van der Waals surface area (Å²) in [7, 11) is 0. The number of H-pyrrole nitrogens is 1. The molecule has 0 aliphatic carbocycles. The van der Waals surface area contributed by atoms with Crippen LogP contribution in [0.15, 0.2) is 53.4 Å². The molecule has 0 bridgehead atoms. The maximum atomic E-state index is 12.4. The van der Waals surface area contributed by atoms with Crippen molar-refractivity contribution >= 4 is 11.9 Å². The van der Waals surface area contributed by atoms with E-state index in [0.29, 0.717) is 11.4 Å². The molecule has 4 nitrogen and oxygen atoms in total. The first-order valence-corrected chi connectivity index (χ1v) is 6.39. The van der Waals surface area contributed by atoms with E-state index in [0.717, 1.165) is 0 Å². The first-order valence-electron chi connectivity index (χ1n) is 6.39. The highest BCUT2D eigenvalue weighted by molar-refractivity contribution is 6.06. The van der Waals surface area contributed by atoms with Crippen LogP contribution in [0, 0.1) is 0 Å². The van der Waals surface area contributed by atoms with Gasteiger partial charge in [-0.2, -0.15) is 0 Å². The average Bonchev–Trinajstić information content (AvgIpc) is 2.77. The van der Waals surface area contributed by atoms with Crippen molar-refractivity contribution in [2.75, 3.05) is 0 Å². The van der Waals surface area contributed by atoms with Crippen molar-refractivity contribution in [2.45, 2.75) is 13.8 Å². The van der Waals surface area contributed by atoms with E-state index in [4.69, 9.17) is 0 Å². The fraction of sp³-hybridized carbons (Fsp3) is 0.125. The average molecular weight is 268 g/mol. The molecule has 2 rings (SSSR count). The molecule has 0 saturated heterocycles. The number of carbonyl (C=O) groups excluding carboxylic acids is 1. The number of aromatic amines is 1. The number of nitrogens with one attached hydrogen (secondary N) is 1. The molecular formula is C16H16N2O2. The third kappa shape index (κ3) is 2.54. The zero-order chi connectivity index (χ0) is 14.5. The van der Waals surface area contributed by atoms with Gasteiger partial charge in [-0.1, -0.05) is 30.4 Å². The quantitative estimate of drug-likeness (QED) is 0.684. The number of ketones is 1. The molecule has 0 atom stereocenters. The minimum atomic E-state index is -0.340. The number of para-hydroxylation sites is 1. The molecule has 20 heavy (non-hydrogen) atoms.